The van der Waals surface area contributed by atoms with Gasteiger partial charge in [-0.3, -0.25) is 14.9 Å². The van der Waals surface area contributed by atoms with Crippen molar-refractivity contribution in [1.29, 1.82) is 0 Å². The zero-order chi connectivity index (χ0) is 19.1. The minimum atomic E-state index is -0.417. The predicted octanol–water partition coefficient (Wildman–Crippen LogP) is 3.36. The van der Waals surface area contributed by atoms with Crippen molar-refractivity contribution < 1.29 is 14.3 Å². The summed E-state index contributed by atoms with van der Waals surface area (Å²) >= 11 is 1.35. The molecular formula is C19H25N3O3S. The molecule has 1 aromatic heterocycles. The van der Waals surface area contributed by atoms with Gasteiger partial charge in [0.2, 0.25) is 5.91 Å². The third kappa shape index (κ3) is 5.11. The first-order chi connectivity index (χ1) is 12.5. The SMILES string of the molecule is CCCCn1c(SCC(=O)NC(=O)c2ccc(OC)cc2)nc(C)c1C. The molecule has 26 heavy (non-hydrogen) atoms. The highest BCUT2D eigenvalue weighted by molar-refractivity contribution is 7.99. The average molecular weight is 375 g/mol. The molecule has 6 nitrogen and oxygen atoms in total. The van der Waals surface area contributed by atoms with Crippen molar-refractivity contribution >= 4 is 23.6 Å². The lowest BCUT2D eigenvalue weighted by molar-refractivity contribution is -0.117. The number of imide groups is 1. The molecule has 2 rings (SSSR count). The van der Waals surface area contributed by atoms with E-state index < -0.39 is 5.91 Å². The molecule has 0 atom stereocenters. The maximum atomic E-state index is 12.1. The van der Waals surface area contributed by atoms with Crippen LogP contribution in [0.15, 0.2) is 29.4 Å². The number of benzene rings is 1. The summed E-state index contributed by atoms with van der Waals surface area (Å²) < 4.78 is 7.20. The maximum Gasteiger partial charge on any atom is 0.257 e. The summed E-state index contributed by atoms with van der Waals surface area (Å²) in [7, 11) is 1.56. The zero-order valence-electron chi connectivity index (χ0n) is 15.7. The van der Waals surface area contributed by atoms with Crippen LogP contribution in [0, 0.1) is 13.8 Å². The topological polar surface area (TPSA) is 73.2 Å². The van der Waals surface area contributed by atoms with Gasteiger partial charge in [0.1, 0.15) is 5.75 Å². The molecule has 2 amide bonds. The number of hydrogen-bond acceptors (Lipinski definition) is 5. The smallest absolute Gasteiger partial charge is 0.257 e. The Morgan fingerprint density at radius 2 is 1.92 bits per heavy atom. The lowest BCUT2D eigenvalue weighted by atomic mass is 10.2. The Labute approximate surface area is 158 Å². The second-order valence-electron chi connectivity index (χ2n) is 5.96. The van der Waals surface area contributed by atoms with Crippen LogP contribution in [-0.2, 0) is 11.3 Å². The summed E-state index contributed by atoms with van der Waals surface area (Å²) in [5.41, 5.74) is 2.51. The number of hydrogen-bond donors (Lipinski definition) is 1. The molecule has 0 fully saturated rings. The first kappa shape index (κ1) is 20.0. The van der Waals surface area contributed by atoms with E-state index in [2.05, 4.69) is 21.8 Å². The molecule has 7 heteroatoms. The molecule has 140 valence electrons. The van der Waals surface area contributed by atoms with Crippen molar-refractivity contribution in [1.82, 2.24) is 14.9 Å². The third-order valence-corrected chi connectivity index (χ3v) is 5.07. The molecular weight excluding hydrogens is 350 g/mol. The van der Waals surface area contributed by atoms with Crippen LogP contribution in [0.25, 0.3) is 0 Å². The number of nitrogens with one attached hydrogen (secondary N) is 1. The molecule has 0 saturated carbocycles. The van der Waals surface area contributed by atoms with Crippen LogP contribution in [0.5, 0.6) is 5.75 Å². The molecule has 0 aliphatic heterocycles. The molecule has 1 aromatic carbocycles. The summed E-state index contributed by atoms with van der Waals surface area (Å²) in [6.07, 6.45) is 2.16. The van der Waals surface area contributed by atoms with E-state index >= 15 is 0 Å². The van der Waals surface area contributed by atoms with Crippen LogP contribution in [0.3, 0.4) is 0 Å². The molecule has 1 heterocycles. The molecule has 0 saturated heterocycles. The second kappa shape index (κ2) is 9.43. The van der Waals surface area contributed by atoms with Crippen molar-refractivity contribution in [2.24, 2.45) is 0 Å². The Morgan fingerprint density at radius 1 is 1.23 bits per heavy atom. The molecule has 0 spiro atoms. The van der Waals surface area contributed by atoms with Gasteiger partial charge in [-0.1, -0.05) is 25.1 Å². The van der Waals surface area contributed by atoms with E-state index in [0.29, 0.717) is 11.3 Å². The van der Waals surface area contributed by atoms with Gasteiger partial charge in [-0.25, -0.2) is 4.98 Å². The van der Waals surface area contributed by atoms with E-state index in [4.69, 9.17) is 4.74 Å². The number of thioether (sulfide) groups is 1. The van der Waals surface area contributed by atoms with Crippen molar-refractivity contribution in [3.05, 3.63) is 41.2 Å². The number of carbonyl (C=O) groups is 2. The number of aryl methyl sites for hydroxylation is 1. The third-order valence-electron chi connectivity index (χ3n) is 4.10. The number of nitrogens with zero attached hydrogens (tertiary/aromatic N) is 2. The fraction of sp³-hybridized carbons (Fsp3) is 0.421. The van der Waals surface area contributed by atoms with Crippen molar-refractivity contribution in [3.8, 4) is 5.75 Å². The molecule has 0 bridgehead atoms. The number of unbranched alkanes of at least 4 members (excludes halogenated alkanes) is 1. The Hall–Kier alpha value is -2.28. The van der Waals surface area contributed by atoms with E-state index in [1.165, 1.54) is 11.8 Å². The summed E-state index contributed by atoms with van der Waals surface area (Å²) in [6.45, 7) is 7.03. The second-order valence-corrected chi connectivity index (χ2v) is 6.91. The standard InChI is InChI=1S/C19H25N3O3S/c1-5-6-11-22-14(3)13(2)20-19(22)26-12-17(23)21-18(24)15-7-9-16(25-4)10-8-15/h7-10H,5-6,11-12H2,1-4H3,(H,21,23,24). The van der Waals surface area contributed by atoms with Crippen LogP contribution >= 0.6 is 11.8 Å². The van der Waals surface area contributed by atoms with E-state index in [0.717, 1.165) is 35.9 Å². The van der Waals surface area contributed by atoms with Gasteiger partial charge in [0, 0.05) is 17.8 Å². The van der Waals surface area contributed by atoms with E-state index in [9.17, 15) is 9.59 Å². The number of imidazole rings is 1. The highest BCUT2D eigenvalue weighted by Crippen LogP contribution is 2.21. The zero-order valence-corrected chi connectivity index (χ0v) is 16.5. The highest BCUT2D eigenvalue weighted by Gasteiger charge is 2.15. The van der Waals surface area contributed by atoms with Crippen LogP contribution in [-0.4, -0.2) is 34.2 Å². The largest absolute Gasteiger partial charge is 0.497 e. The molecule has 1 N–H and O–H groups in total. The molecule has 0 unspecified atom stereocenters. The lowest BCUT2D eigenvalue weighted by Gasteiger charge is -2.09. The average Bonchev–Trinajstić information content (AvgIpc) is 2.92. The van der Waals surface area contributed by atoms with Gasteiger partial charge in [-0.2, -0.15) is 0 Å². The maximum absolute atomic E-state index is 12.1. The van der Waals surface area contributed by atoms with Gasteiger partial charge in [0.25, 0.3) is 5.91 Å². The first-order valence-corrected chi connectivity index (χ1v) is 9.59. The van der Waals surface area contributed by atoms with Gasteiger partial charge >= 0.3 is 0 Å². The van der Waals surface area contributed by atoms with Gasteiger partial charge < -0.3 is 9.30 Å². The van der Waals surface area contributed by atoms with Crippen molar-refractivity contribution in [3.63, 3.8) is 0 Å². The number of methoxy groups -OCH3 is 1. The number of amides is 2. The van der Waals surface area contributed by atoms with Gasteiger partial charge in [-0.15, -0.1) is 0 Å². The summed E-state index contributed by atoms with van der Waals surface area (Å²) in [5, 5.41) is 3.23. The molecule has 2 aromatic rings. The summed E-state index contributed by atoms with van der Waals surface area (Å²) in [4.78, 5) is 28.8. The Morgan fingerprint density at radius 3 is 2.54 bits per heavy atom. The van der Waals surface area contributed by atoms with Crippen LogP contribution in [0.2, 0.25) is 0 Å². The van der Waals surface area contributed by atoms with Gasteiger partial charge in [0.15, 0.2) is 5.16 Å². The normalized spacial score (nSPS) is 10.6. The van der Waals surface area contributed by atoms with Crippen LogP contribution in [0.1, 0.15) is 41.5 Å². The Bertz CT molecular complexity index is 769. The number of ether oxygens (including phenoxy) is 1. The van der Waals surface area contributed by atoms with E-state index in [-0.39, 0.29) is 11.7 Å². The monoisotopic (exact) mass is 375 g/mol. The Balaban J connectivity index is 1.94. The number of carbonyl (C=O) groups excluding carboxylic acids is 2. The molecule has 0 aliphatic rings. The van der Waals surface area contributed by atoms with E-state index in [1.54, 1.807) is 31.4 Å². The fourth-order valence-corrected chi connectivity index (χ4v) is 3.34. The van der Waals surface area contributed by atoms with Gasteiger partial charge in [0.05, 0.1) is 18.6 Å². The highest BCUT2D eigenvalue weighted by atomic mass is 32.2. The number of rotatable bonds is 8. The quantitative estimate of drug-likeness (QED) is 0.716. The van der Waals surface area contributed by atoms with Crippen LogP contribution in [0.4, 0.5) is 0 Å². The molecule has 0 aliphatic carbocycles. The summed E-state index contributed by atoms with van der Waals surface area (Å²) in [5.74, 6) is 0.0494. The lowest BCUT2D eigenvalue weighted by Crippen LogP contribution is -2.31. The summed E-state index contributed by atoms with van der Waals surface area (Å²) in [6, 6.07) is 6.62. The van der Waals surface area contributed by atoms with Gasteiger partial charge in [-0.05, 0) is 44.5 Å². The predicted molar refractivity (Wildman–Crippen MR) is 103 cm³/mol. The molecule has 0 radical (unpaired) electrons. The van der Waals surface area contributed by atoms with Crippen molar-refractivity contribution in [2.75, 3.05) is 12.9 Å². The Kier molecular flexibility index (Phi) is 7.26. The first-order valence-electron chi connectivity index (χ1n) is 8.61. The number of aromatic nitrogens is 2. The van der Waals surface area contributed by atoms with E-state index in [1.807, 2.05) is 13.8 Å². The fourth-order valence-electron chi connectivity index (χ4n) is 2.42. The van der Waals surface area contributed by atoms with Crippen molar-refractivity contribution in [2.45, 2.75) is 45.3 Å². The van der Waals surface area contributed by atoms with Crippen LogP contribution < -0.4 is 10.1 Å². The minimum absolute atomic E-state index is 0.143. The minimum Gasteiger partial charge on any atom is -0.497 e.